The van der Waals surface area contributed by atoms with E-state index in [9.17, 15) is 61.0 Å². The number of allylic oxidation sites excluding steroid dienone is 15. The first-order chi connectivity index (χ1) is 56.8. The van der Waals surface area contributed by atoms with Gasteiger partial charge in [0.2, 0.25) is 5.91 Å². The summed E-state index contributed by atoms with van der Waals surface area (Å²) in [7, 11) is 0. The smallest absolute Gasteiger partial charge is 0.220 e. The van der Waals surface area contributed by atoms with Crippen molar-refractivity contribution >= 4 is 5.91 Å². The molecule has 19 nitrogen and oxygen atoms in total. The lowest BCUT2D eigenvalue weighted by Gasteiger charge is -2.48. The monoisotopic (exact) mass is 1640 g/mol. The summed E-state index contributed by atoms with van der Waals surface area (Å²) < 4.78 is 34.5. The van der Waals surface area contributed by atoms with Gasteiger partial charge in [-0.25, -0.2) is 0 Å². The van der Waals surface area contributed by atoms with E-state index in [0.29, 0.717) is 12.8 Å². The molecule has 0 aromatic heterocycles. The van der Waals surface area contributed by atoms with Crippen molar-refractivity contribution in [3.63, 3.8) is 0 Å². The van der Waals surface area contributed by atoms with E-state index in [-0.39, 0.29) is 18.9 Å². The van der Waals surface area contributed by atoms with Gasteiger partial charge in [-0.3, -0.25) is 4.79 Å². The van der Waals surface area contributed by atoms with E-state index in [4.69, 9.17) is 28.4 Å². The standard InChI is InChI=1S/C97H173NO18/c1-3-5-7-9-11-13-15-17-19-21-23-25-27-29-31-33-35-36-37-38-39-40-41-42-43-44-45-47-49-51-53-55-57-59-61-63-65-67-69-71-73-75-85(103)98-80(81(102)74-72-70-68-66-64-62-60-58-56-54-52-50-48-46-34-32-30-28-26-24-22-20-18-16-14-12-10-8-6-4-2)79-111-95-91(109)88(106)93(83(77-100)113-95)116-97-92(110)89(107)94(84(78-101)114-97)115-96-90(108)87(105)86(104)82(76-99)112-96/h5,7,11,13,17,19,23,25,29,31,35-36,64,66,72,74,80-84,86-97,99-102,104-110H,3-4,6,8-10,12,14-16,18,20-22,24,26-28,30,32-34,37-63,65,67-71,73,75-79H2,1-2H3,(H,98,103)/b7-5-,13-11-,19-17-,25-23-,31-29-,36-35-,66-64+,74-72+. The molecule has 3 rings (SSSR count). The zero-order chi connectivity index (χ0) is 83.8. The second-order valence-corrected chi connectivity index (χ2v) is 33.4. The van der Waals surface area contributed by atoms with Gasteiger partial charge in [0, 0.05) is 6.42 Å². The van der Waals surface area contributed by atoms with E-state index in [1.54, 1.807) is 6.08 Å². The first kappa shape index (κ1) is 107. The number of hydrogen-bond acceptors (Lipinski definition) is 18. The Labute approximate surface area is 704 Å². The maximum Gasteiger partial charge on any atom is 0.220 e. The lowest BCUT2D eigenvalue weighted by Crippen LogP contribution is -2.66. The van der Waals surface area contributed by atoms with Gasteiger partial charge in [-0.05, 0) is 83.5 Å². The van der Waals surface area contributed by atoms with E-state index < -0.39 is 124 Å². The molecule has 17 unspecified atom stereocenters. The second-order valence-electron chi connectivity index (χ2n) is 33.4. The minimum atomic E-state index is -1.98. The van der Waals surface area contributed by atoms with E-state index in [1.807, 2.05) is 6.08 Å². The third-order valence-electron chi connectivity index (χ3n) is 23.1. The van der Waals surface area contributed by atoms with Crippen LogP contribution in [0.5, 0.6) is 0 Å². The lowest BCUT2D eigenvalue weighted by molar-refractivity contribution is -0.379. The number of carbonyl (C=O) groups excluding carboxylic acids is 1. The number of hydrogen-bond donors (Lipinski definition) is 12. The van der Waals surface area contributed by atoms with Gasteiger partial charge < -0.3 is 89.9 Å². The highest BCUT2D eigenvalue weighted by atomic mass is 16.8. The van der Waals surface area contributed by atoms with Crippen molar-refractivity contribution in [3.05, 3.63) is 97.2 Å². The molecule has 3 heterocycles. The Hall–Kier alpha value is -3.29. The normalized spacial score (nSPS) is 24.9. The van der Waals surface area contributed by atoms with Crippen molar-refractivity contribution in [1.82, 2.24) is 5.32 Å². The number of amides is 1. The minimum Gasteiger partial charge on any atom is -0.394 e. The molecule has 0 radical (unpaired) electrons. The summed E-state index contributed by atoms with van der Waals surface area (Å²) in [4.78, 5) is 13.5. The lowest BCUT2D eigenvalue weighted by atomic mass is 9.96. The number of ether oxygens (including phenoxy) is 6. The highest BCUT2D eigenvalue weighted by Crippen LogP contribution is 2.34. The molecule has 0 saturated carbocycles. The SMILES string of the molecule is CC/C=C\C/C=C\C/C=C\C/C=C\C/C=C\C/C=C\CCCCCCCCCCCCCCCCCCCCCCCCC(=O)NC(COC1OC(CO)C(OC2OC(CO)C(OC3OC(CO)C(O)C(O)C3O)C(O)C2O)C(O)C1O)C(O)/C=C/CC/C=C/CCCCCCCCCCCCCCCCCCCCCCCCCC. The first-order valence-corrected chi connectivity index (χ1v) is 47.5. The predicted molar refractivity (Wildman–Crippen MR) is 471 cm³/mol. The minimum absolute atomic E-state index is 0.236. The molecule has 17 atom stereocenters. The summed E-state index contributed by atoms with van der Waals surface area (Å²) in [6.45, 7) is 1.66. The molecule has 12 N–H and O–H groups in total. The average Bonchev–Trinajstić information content (AvgIpc) is 0.783. The Morgan fingerprint density at radius 2 is 0.603 bits per heavy atom. The van der Waals surface area contributed by atoms with Crippen LogP contribution in [0, 0.1) is 0 Å². The molecule has 1 amide bonds. The number of aliphatic hydroxyl groups is 11. The summed E-state index contributed by atoms with van der Waals surface area (Å²) in [5.41, 5.74) is 0. The first-order valence-electron chi connectivity index (χ1n) is 47.5. The van der Waals surface area contributed by atoms with Gasteiger partial charge >= 0.3 is 0 Å². The van der Waals surface area contributed by atoms with Crippen LogP contribution in [0.1, 0.15) is 380 Å². The van der Waals surface area contributed by atoms with E-state index in [0.717, 1.165) is 77.0 Å². The van der Waals surface area contributed by atoms with E-state index in [1.165, 1.54) is 270 Å². The van der Waals surface area contributed by atoms with Gasteiger partial charge in [0.05, 0.1) is 38.6 Å². The molecule has 0 bridgehead atoms. The van der Waals surface area contributed by atoms with Crippen molar-refractivity contribution in [2.24, 2.45) is 0 Å². The van der Waals surface area contributed by atoms with Crippen molar-refractivity contribution in [2.45, 2.75) is 484 Å². The van der Waals surface area contributed by atoms with Gasteiger partial charge in [0.25, 0.3) is 0 Å². The van der Waals surface area contributed by atoms with Crippen molar-refractivity contribution in [1.29, 1.82) is 0 Å². The molecule has 116 heavy (non-hydrogen) atoms. The van der Waals surface area contributed by atoms with Gasteiger partial charge in [-0.15, -0.1) is 0 Å². The van der Waals surface area contributed by atoms with Crippen molar-refractivity contribution < 1.29 is 89.4 Å². The third kappa shape index (κ3) is 52.9. The fourth-order valence-electron chi connectivity index (χ4n) is 15.6. The Morgan fingerprint density at radius 1 is 0.319 bits per heavy atom. The fraction of sp³-hybridized carbons (Fsp3) is 0.825. The summed E-state index contributed by atoms with van der Waals surface area (Å²) in [5, 5.41) is 121. The summed E-state index contributed by atoms with van der Waals surface area (Å²) in [5.74, 6) is -0.280. The van der Waals surface area contributed by atoms with Gasteiger partial charge in [0.15, 0.2) is 18.9 Å². The van der Waals surface area contributed by atoms with Crippen LogP contribution in [0.15, 0.2) is 97.2 Å². The molecule has 0 aromatic carbocycles. The Bertz CT molecular complexity index is 2470. The van der Waals surface area contributed by atoms with E-state index >= 15 is 0 Å². The quantitative estimate of drug-likeness (QED) is 0.0199. The molecule has 3 aliphatic heterocycles. The van der Waals surface area contributed by atoms with Gasteiger partial charge in [-0.2, -0.15) is 0 Å². The van der Waals surface area contributed by atoms with Crippen molar-refractivity contribution in [2.75, 3.05) is 26.4 Å². The number of aliphatic hydroxyl groups excluding tert-OH is 11. The maximum atomic E-state index is 13.5. The fourth-order valence-corrected chi connectivity index (χ4v) is 15.6. The second kappa shape index (κ2) is 75.5. The predicted octanol–water partition coefficient (Wildman–Crippen LogP) is 19.0. The number of unbranched alkanes of at least 4 members (excludes halogenated alkanes) is 47. The Kier molecular flexibility index (Phi) is 69.5. The average molecular weight is 1640 g/mol. The Balaban J connectivity index is 1.30. The van der Waals surface area contributed by atoms with Crippen LogP contribution in [0.25, 0.3) is 0 Å². The molecular weight excluding hydrogens is 1470 g/mol. The molecular formula is C97H173NO18. The molecule has 3 fully saturated rings. The highest BCUT2D eigenvalue weighted by molar-refractivity contribution is 5.76. The van der Waals surface area contributed by atoms with Crippen LogP contribution >= 0.6 is 0 Å². The molecule has 0 spiro atoms. The highest BCUT2D eigenvalue weighted by Gasteiger charge is 2.54. The zero-order valence-corrected chi connectivity index (χ0v) is 73.0. The van der Waals surface area contributed by atoms with Crippen LogP contribution < -0.4 is 5.32 Å². The number of carbonyl (C=O) groups is 1. The van der Waals surface area contributed by atoms with E-state index in [2.05, 4.69) is 104 Å². The van der Waals surface area contributed by atoms with Crippen LogP contribution in [0.3, 0.4) is 0 Å². The van der Waals surface area contributed by atoms with Crippen LogP contribution in [0.4, 0.5) is 0 Å². The van der Waals surface area contributed by atoms with Crippen molar-refractivity contribution in [3.8, 4) is 0 Å². The largest absolute Gasteiger partial charge is 0.394 e. The topological polar surface area (TPSA) is 307 Å². The summed E-state index contributed by atoms with van der Waals surface area (Å²) in [6.07, 6.45) is 78.6. The molecule has 0 aliphatic carbocycles. The Morgan fingerprint density at radius 3 is 0.966 bits per heavy atom. The van der Waals surface area contributed by atoms with Crippen LogP contribution in [-0.2, 0) is 33.2 Å². The molecule has 3 saturated heterocycles. The van der Waals surface area contributed by atoms with Crippen LogP contribution in [-0.4, -0.2) is 193 Å². The third-order valence-corrected chi connectivity index (χ3v) is 23.1. The molecule has 19 heteroatoms. The van der Waals surface area contributed by atoms with Crippen LogP contribution in [0.2, 0.25) is 0 Å². The summed E-state index contributed by atoms with van der Waals surface area (Å²) in [6, 6.07) is -0.995. The molecule has 674 valence electrons. The molecule has 0 aromatic rings. The molecule has 3 aliphatic rings. The summed E-state index contributed by atoms with van der Waals surface area (Å²) >= 11 is 0. The number of nitrogens with one attached hydrogen (secondary N) is 1. The van der Waals surface area contributed by atoms with Gasteiger partial charge in [0.1, 0.15) is 73.2 Å². The zero-order valence-electron chi connectivity index (χ0n) is 73.0. The maximum absolute atomic E-state index is 13.5. The van der Waals surface area contributed by atoms with Gasteiger partial charge in [-0.1, -0.05) is 387 Å². The number of rotatable bonds is 77.